The summed E-state index contributed by atoms with van der Waals surface area (Å²) in [4.78, 5) is 5.14. The predicted octanol–water partition coefficient (Wildman–Crippen LogP) is 2.65. The van der Waals surface area contributed by atoms with Crippen LogP contribution in [-0.2, 0) is 4.74 Å². The van der Waals surface area contributed by atoms with Gasteiger partial charge in [-0.25, -0.2) is 0 Å². The third-order valence-corrected chi connectivity index (χ3v) is 5.16. The van der Waals surface area contributed by atoms with Gasteiger partial charge in [0.2, 0.25) is 0 Å². The van der Waals surface area contributed by atoms with Gasteiger partial charge >= 0.3 is 0 Å². The van der Waals surface area contributed by atoms with Gasteiger partial charge in [-0.2, -0.15) is 0 Å². The van der Waals surface area contributed by atoms with Crippen LogP contribution in [0.2, 0.25) is 0 Å². The fraction of sp³-hybridized carbons (Fsp3) is 0.700. The number of para-hydroxylation sites is 2. The molecule has 1 aromatic carbocycles. The van der Waals surface area contributed by atoms with Crippen LogP contribution in [0.3, 0.4) is 0 Å². The summed E-state index contributed by atoms with van der Waals surface area (Å²) in [6, 6.07) is 8.65. The second-order valence-corrected chi connectivity index (χ2v) is 6.98. The molecule has 0 radical (unpaired) electrons. The van der Waals surface area contributed by atoms with Gasteiger partial charge in [-0.15, -0.1) is 0 Å². The lowest BCUT2D eigenvalue weighted by Crippen LogP contribution is -2.51. The van der Waals surface area contributed by atoms with E-state index < -0.39 is 0 Å². The third kappa shape index (κ3) is 5.33. The maximum Gasteiger partial charge on any atom is 0.161 e. The van der Waals surface area contributed by atoms with E-state index in [4.69, 9.17) is 14.2 Å². The number of likely N-dealkylation sites (tertiary alicyclic amines) is 1. The third-order valence-electron chi connectivity index (χ3n) is 5.16. The summed E-state index contributed by atoms with van der Waals surface area (Å²) < 4.78 is 17.2. The molecule has 0 aromatic heterocycles. The van der Waals surface area contributed by atoms with Crippen molar-refractivity contribution in [1.82, 2.24) is 9.80 Å². The van der Waals surface area contributed by atoms with Crippen LogP contribution in [0.1, 0.15) is 26.7 Å². The molecule has 2 aliphatic heterocycles. The predicted molar refractivity (Wildman–Crippen MR) is 99.6 cm³/mol. The lowest BCUT2D eigenvalue weighted by atomic mass is 10.0. The highest BCUT2D eigenvalue weighted by Gasteiger charge is 2.27. The Kier molecular flexibility index (Phi) is 6.96. The number of hydrogen-bond donors (Lipinski definition) is 0. The molecule has 2 heterocycles. The molecule has 0 aliphatic carbocycles. The van der Waals surface area contributed by atoms with Crippen LogP contribution >= 0.6 is 0 Å². The Morgan fingerprint density at radius 1 is 1.08 bits per heavy atom. The van der Waals surface area contributed by atoms with Crippen LogP contribution in [-0.4, -0.2) is 74.5 Å². The molecule has 140 valence electrons. The lowest BCUT2D eigenvalue weighted by molar-refractivity contribution is -0.0437. The zero-order chi connectivity index (χ0) is 17.5. The molecule has 2 saturated heterocycles. The van der Waals surface area contributed by atoms with Gasteiger partial charge in [0, 0.05) is 25.7 Å². The summed E-state index contributed by atoms with van der Waals surface area (Å²) in [5, 5.41) is 0. The Bertz CT molecular complexity index is 517. The number of nitrogens with zero attached hydrogens (tertiary/aromatic N) is 2. The van der Waals surface area contributed by atoms with Gasteiger partial charge in [0.1, 0.15) is 6.61 Å². The molecule has 25 heavy (non-hydrogen) atoms. The number of hydrogen-bond acceptors (Lipinski definition) is 5. The SMILES string of the molecule is CCOc1ccccc1OCCN1CCC(N2CCO[C@H](C)C2)CC1. The first-order valence-corrected chi connectivity index (χ1v) is 9.69. The summed E-state index contributed by atoms with van der Waals surface area (Å²) in [5.41, 5.74) is 0. The van der Waals surface area contributed by atoms with Gasteiger partial charge < -0.3 is 14.2 Å². The fourth-order valence-electron chi connectivity index (χ4n) is 3.81. The van der Waals surface area contributed by atoms with Crippen molar-refractivity contribution in [2.45, 2.75) is 38.8 Å². The molecule has 1 atom stereocenters. The summed E-state index contributed by atoms with van der Waals surface area (Å²) in [6.45, 7) is 11.9. The van der Waals surface area contributed by atoms with Crippen LogP contribution < -0.4 is 9.47 Å². The van der Waals surface area contributed by atoms with Crippen molar-refractivity contribution in [2.75, 3.05) is 52.5 Å². The van der Waals surface area contributed by atoms with E-state index in [0.29, 0.717) is 19.3 Å². The molecular formula is C20H32N2O3. The van der Waals surface area contributed by atoms with E-state index >= 15 is 0 Å². The van der Waals surface area contributed by atoms with Crippen LogP contribution in [0.5, 0.6) is 11.5 Å². The maximum atomic E-state index is 5.96. The Morgan fingerprint density at radius 3 is 2.48 bits per heavy atom. The van der Waals surface area contributed by atoms with Crippen LogP contribution in [0.15, 0.2) is 24.3 Å². The van der Waals surface area contributed by atoms with Gasteiger partial charge in [0.25, 0.3) is 0 Å². The van der Waals surface area contributed by atoms with E-state index in [-0.39, 0.29) is 0 Å². The largest absolute Gasteiger partial charge is 0.490 e. The van der Waals surface area contributed by atoms with Crippen molar-refractivity contribution in [3.05, 3.63) is 24.3 Å². The Hall–Kier alpha value is -1.30. The second kappa shape index (κ2) is 9.41. The molecule has 5 nitrogen and oxygen atoms in total. The van der Waals surface area contributed by atoms with Crippen molar-refractivity contribution >= 4 is 0 Å². The first kappa shape index (κ1) is 18.5. The first-order valence-electron chi connectivity index (χ1n) is 9.69. The number of ether oxygens (including phenoxy) is 3. The topological polar surface area (TPSA) is 34.2 Å². The zero-order valence-corrected chi connectivity index (χ0v) is 15.7. The van der Waals surface area contributed by atoms with Crippen molar-refractivity contribution in [2.24, 2.45) is 0 Å². The molecule has 0 N–H and O–H groups in total. The minimum Gasteiger partial charge on any atom is -0.490 e. The lowest BCUT2D eigenvalue weighted by Gasteiger charge is -2.41. The fourth-order valence-corrected chi connectivity index (χ4v) is 3.81. The average Bonchev–Trinajstić information content (AvgIpc) is 2.64. The monoisotopic (exact) mass is 348 g/mol. The maximum absolute atomic E-state index is 5.96. The average molecular weight is 348 g/mol. The number of morpholine rings is 1. The number of piperidine rings is 1. The van der Waals surface area contributed by atoms with E-state index in [1.807, 2.05) is 31.2 Å². The Labute approximate surface area is 151 Å². The van der Waals surface area contributed by atoms with Crippen molar-refractivity contribution in [3.63, 3.8) is 0 Å². The van der Waals surface area contributed by atoms with Crippen molar-refractivity contribution in [1.29, 1.82) is 0 Å². The van der Waals surface area contributed by atoms with Gasteiger partial charge in [-0.05, 0) is 51.9 Å². The summed E-state index contributed by atoms with van der Waals surface area (Å²) >= 11 is 0. The Morgan fingerprint density at radius 2 is 1.80 bits per heavy atom. The second-order valence-electron chi connectivity index (χ2n) is 6.98. The van der Waals surface area contributed by atoms with Crippen LogP contribution in [0, 0.1) is 0 Å². The zero-order valence-electron chi connectivity index (χ0n) is 15.7. The number of benzene rings is 1. The van der Waals surface area contributed by atoms with E-state index in [1.165, 1.54) is 12.8 Å². The molecule has 0 saturated carbocycles. The Balaban J connectivity index is 1.38. The summed E-state index contributed by atoms with van der Waals surface area (Å²) in [7, 11) is 0. The van der Waals surface area contributed by atoms with Crippen LogP contribution in [0.4, 0.5) is 0 Å². The van der Waals surface area contributed by atoms with E-state index in [1.54, 1.807) is 0 Å². The molecule has 2 fully saturated rings. The molecule has 0 unspecified atom stereocenters. The molecule has 2 aliphatic rings. The van der Waals surface area contributed by atoms with E-state index in [2.05, 4.69) is 16.7 Å². The molecular weight excluding hydrogens is 316 g/mol. The highest BCUT2D eigenvalue weighted by molar-refractivity contribution is 5.39. The molecule has 0 spiro atoms. The van der Waals surface area contributed by atoms with Gasteiger partial charge in [0.05, 0.1) is 19.3 Å². The van der Waals surface area contributed by atoms with Gasteiger partial charge in [-0.1, -0.05) is 12.1 Å². The minimum atomic E-state index is 0.380. The molecule has 0 bridgehead atoms. The quantitative estimate of drug-likeness (QED) is 0.757. The molecule has 5 heteroatoms. The van der Waals surface area contributed by atoms with E-state index in [0.717, 1.165) is 56.9 Å². The standard InChI is InChI=1S/C20H32N2O3/c1-3-23-19-6-4-5-7-20(19)25-14-12-21-10-8-18(9-11-21)22-13-15-24-17(2)16-22/h4-7,17-18H,3,8-16H2,1-2H3/t17-/m1/s1. The minimum absolute atomic E-state index is 0.380. The van der Waals surface area contributed by atoms with Crippen molar-refractivity contribution in [3.8, 4) is 11.5 Å². The van der Waals surface area contributed by atoms with Gasteiger partial charge in [0.15, 0.2) is 11.5 Å². The normalized spacial score (nSPS) is 23.5. The summed E-state index contributed by atoms with van der Waals surface area (Å²) in [5.74, 6) is 1.69. The molecule has 0 amide bonds. The smallest absolute Gasteiger partial charge is 0.161 e. The highest BCUT2D eigenvalue weighted by atomic mass is 16.5. The van der Waals surface area contributed by atoms with Crippen molar-refractivity contribution < 1.29 is 14.2 Å². The first-order chi connectivity index (χ1) is 12.3. The molecule has 1 aromatic rings. The van der Waals surface area contributed by atoms with E-state index in [9.17, 15) is 0 Å². The summed E-state index contributed by atoms with van der Waals surface area (Å²) in [6.07, 6.45) is 2.88. The van der Waals surface area contributed by atoms with Crippen LogP contribution in [0.25, 0.3) is 0 Å². The number of rotatable bonds is 7. The van der Waals surface area contributed by atoms with Gasteiger partial charge in [-0.3, -0.25) is 9.80 Å². The highest BCUT2D eigenvalue weighted by Crippen LogP contribution is 2.26. The molecule has 3 rings (SSSR count).